The molecule has 1 amide bonds. The molecule has 0 bridgehead atoms. The Morgan fingerprint density at radius 3 is 2.82 bits per heavy atom. The van der Waals surface area contributed by atoms with Gasteiger partial charge in [0.1, 0.15) is 6.04 Å². The number of ketones is 1. The lowest BCUT2D eigenvalue weighted by molar-refractivity contribution is -0.124. The van der Waals surface area contributed by atoms with Crippen molar-refractivity contribution < 1.29 is 9.59 Å². The number of Topliss-reactive ketones (excluding diaryl/α,β-unsaturated/α-hetero) is 1. The normalized spacial score (nSPS) is 12.4. The monoisotopic (exact) mass is 375 g/mol. The van der Waals surface area contributed by atoms with Gasteiger partial charge in [-0.15, -0.1) is 0 Å². The van der Waals surface area contributed by atoms with Gasteiger partial charge in [0.25, 0.3) is 0 Å². The van der Waals surface area contributed by atoms with Gasteiger partial charge in [-0.1, -0.05) is 25.1 Å². The highest BCUT2D eigenvalue weighted by molar-refractivity contribution is 6.07. The van der Waals surface area contributed by atoms with Crippen LogP contribution in [-0.2, 0) is 11.3 Å². The first-order valence-corrected chi connectivity index (χ1v) is 9.24. The summed E-state index contributed by atoms with van der Waals surface area (Å²) in [6.07, 6.45) is 9.32. The fraction of sp³-hybridized carbons (Fsp3) is 0.238. The zero-order chi connectivity index (χ0) is 19.7. The summed E-state index contributed by atoms with van der Waals surface area (Å²) < 4.78 is 3.80. The van der Waals surface area contributed by atoms with Gasteiger partial charge in [-0.25, -0.2) is 4.98 Å². The maximum absolute atomic E-state index is 13.0. The maximum Gasteiger partial charge on any atom is 0.243 e. The minimum Gasteiger partial charge on any atom is -0.349 e. The number of benzene rings is 1. The molecule has 1 atom stereocenters. The van der Waals surface area contributed by atoms with Crippen LogP contribution in [0, 0.1) is 0 Å². The molecule has 7 nitrogen and oxygen atoms in total. The Bertz CT molecular complexity index is 1170. The van der Waals surface area contributed by atoms with Crippen LogP contribution >= 0.6 is 0 Å². The zero-order valence-electron chi connectivity index (χ0n) is 15.8. The summed E-state index contributed by atoms with van der Waals surface area (Å²) in [6, 6.07) is 7.27. The van der Waals surface area contributed by atoms with Crippen molar-refractivity contribution in [3.8, 4) is 0 Å². The number of nitrogens with zero attached hydrogens (tertiary/aromatic N) is 4. The van der Waals surface area contributed by atoms with Crippen LogP contribution in [0.25, 0.3) is 16.6 Å². The van der Waals surface area contributed by atoms with Gasteiger partial charge < -0.3 is 9.88 Å². The average molecular weight is 375 g/mol. The maximum atomic E-state index is 13.0. The predicted octanol–water partition coefficient (Wildman–Crippen LogP) is 3.15. The number of aromatic nitrogens is 4. The van der Waals surface area contributed by atoms with E-state index in [2.05, 4.69) is 15.3 Å². The van der Waals surface area contributed by atoms with Gasteiger partial charge in [0.2, 0.25) is 5.91 Å². The van der Waals surface area contributed by atoms with Crippen molar-refractivity contribution in [2.45, 2.75) is 32.9 Å². The van der Waals surface area contributed by atoms with E-state index in [1.54, 1.807) is 31.7 Å². The van der Waals surface area contributed by atoms with Crippen molar-refractivity contribution in [1.29, 1.82) is 0 Å². The Balaban J connectivity index is 1.61. The van der Waals surface area contributed by atoms with Crippen molar-refractivity contribution in [3.63, 3.8) is 0 Å². The molecule has 0 aliphatic rings. The second-order valence-corrected chi connectivity index (χ2v) is 6.72. The summed E-state index contributed by atoms with van der Waals surface area (Å²) in [5.41, 5.74) is 3.13. The second kappa shape index (κ2) is 7.26. The van der Waals surface area contributed by atoms with E-state index in [0.717, 1.165) is 22.2 Å². The lowest BCUT2D eigenvalue weighted by atomic mass is 10.1. The number of fused-ring (bicyclic) bond motifs is 2. The van der Waals surface area contributed by atoms with E-state index in [4.69, 9.17) is 0 Å². The fourth-order valence-electron chi connectivity index (χ4n) is 3.57. The molecule has 0 saturated carbocycles. The van der Waals surface area contributed by atoms with Gasteiger partial charge in [-0.2, -0.15) is 0 Å². The molecule has 0 aliphatic heterocycles. The molecular formula is C21H21N5O2. The number of amides is 1. The average Bonchev–Trinajstić information content (AvgIpc) is 3.29. The molecule has 0 radical (unpaired) electrons. The molecule has 1 N–H and O–H groups in total. The van der Waals surface area contributed by atoms with Crippen LogP contribution < -0.4 is 5.32 Å². The molecule has 0 aliphatic carbocycles. The first-order chi connectivity index (χ1) is 13.6. The van der Waals surface area contributed by atoms with E-state index in [-0.39, 0.29) is 11.7 Å². The molecule has 0 fully saturated rings. The second-order valence-electron chi connectivity index (χ2n) is 6.72. The standard InChI is InChI=1S/C21H21N5O2/c1-3-18(26-13-17(14(2)27)16-6-4-5-7-19(16)26)21(28)24-11-15-10-23-20-12-22-8-9-25(15)20/h4-10,12-13,18H,3,11H2,1-2H3,(H,24,28)/t18-/m1/s1. The highest BCUT2D eigenvalue weighted by Gasteiger charge is 2.22. The summed E-state index contributed by atoms with van der Waals surface area (Å²) in [6.45, 7) is 3.87. The first kappa shape index (κ1) is 17.9. The lowest BCUT2D eigenvalue weighted by Crippen LogP contribution is -2.32. The zero-order valence-corrected chi connectivity index (χ0v) is 15.8. The van der Waals surface area contributed by atoms with Gasteiger partial charge in [0, 0.05) is 35.1 Å². The predicted molar refractivity (Wildman–Crippen MR) is 106 cm³/mol. The summed E-state index contributed by atoms with van der Waals surface area (Å²) in [7, 11) is 0. The van der Waals surface area contributed by atoms with Crippen LogP contribution in [0.2, 0.25) is 0 Å². The highest BCUT2D eigenvalue weighted by Crippen LogP contribution is 2.26. The third-order valence-corrected chi connectivity index (χ3v) is 4.98. The van der Waals surface area contributed by atoms with Crippen LogP contribution in [0.4, 0.5) is 0 Å². The largest absolute Gasteiger partial charge is 0.349 e. The van der Waals surface area contributed by atoms with Crippen molar-refractivity contribution >= 4 is 28.2 Å². The number of hydrogen-bond donors (Lipinski definition) is 1. The number of carbonyl (C=O) groups excluding carboxylic acids is 2. The third kappa shape index (κ3) is 3.05. The van der Waals surface area contributed by atoms with Gasteiger partial charge in [-0.05, 0) is 19.4 Å². The van der Waals surface area contributed by atoms with E-state index >= 15 is 0 Å². The van der Waals surface area contributed by atoms with E-state index in [1.165, 1.54) is 0 Å². The molecule has 3 heterocycles. The molecule has 7 heteroatoms. The Kier molecular flexibility index (Phi) is 4.65. The van der Waals surface area contributed by atoms with Gasteiger partial charge in [0.15, 0.2) is 11.4 Å². The summed E-state index contributed by atoms with van der Waals surface area (Å²) >= 11 is 0. The number of hydrogen-bond acceptors (Lipinski definition) is 4. The van der Waals surface area contributed by atoms with Gasteiger partial charge in [-0.3, -0.25) is 19.0 Å². The highest BCUT2D eigenvalue weighted by atomic mass is 16.2. The Hall–Kier alpha value is -3.48. The third-order valence-electron chi connectivity index (χ3n) is 4.98. The molecule has 142 valence electrons. The smallest absolute Gasteiger partial charge is 0.243 e. The van der Waals surface area contributed by atoms with E-state index in [9.17, 15) is 9.59 Å². The van der Waals surface area contributed by atoms with Crippen molar-refractivity contribution in [2.24, 2.45) is 0 Å². The van der Waals surface area contributed by atoms with Crippen LogP contribution in [0.1, 0.15) is 42.4 Å². The molecule has 0 saturated heterocycles. The Morgan fingerprint density at radius 1 is 1.21 bits per heavy atom. The number of para-hydroxylation sites is 1. The van der Waals surface area contributed by atoms with Crippen LogP contribution in [0.3, 0.4) is 0 Å². The topological polar surface area (TPSA) is 81.3 Å². The molecule has 0 spiro atoms. The summed E-state index contributed by atoms with van der Waals surface area (Å²) in [5.74, 6) is -0.105. The van der Waals surface area contributed by atoms with E-state index < -0.39 is 6.04 Å². The van der Waals surface area contributed by atoms with Crippen molar-refractivity contribution in [2.75, 3.05) is 0 Å². The van der Waals surface area contributed by atoms with Gasteiger partial charge >= 0.3 is 0 Å². The van der Waals surface area contributed by atoms with E-state index in [1.807, 2.05) is 46.4 Å². The molecule has 4 aromatic rings. The Morgan fingerprint density at radius 2 is 2.04 bits per heavy atom. The minimum atomic E-state index is -0.404. The van der Waals surface area contributed by atoms with Crippen LogP contribution in [0.15, 0.2) is 55.2 Å². The Labute approximate surface area is 162 Å². The minimum absolute atomic E-state index is 0.00968. The number of carbonyl (C=O) groups is 2. The molecular weight excluding hydrogens is 354 g/mol. The van der Waals surface area contributed by atoms with Crippen molar-refractivity contribution in [1.82, 2.24) is 24.3 Å². The molecule has 3 aromatic heterocycles. The van der Waals surface area contributed by atoms with E-state index in [0.29, 0.717) is 18.5 Å². The number of nitrogens with one attached hydrogen (secondary N) is 1. The lowest BCUT2D eigenvalue weighted by Gasteiger charge is -2.18. The molecule has 1 aromatic carbocycles. The fourth-order valence-corrected chi connectivity index (χ4v) is 3.57. The molecule has 28 heavy (non-hydrogen) atoms. The molecule has 4 rings (SSSR count). The summed E-state index contributed by atoms with van der Waals surface area (Å²) in [5, 5.41) is 3.87. The number of rotatable bonds is 6. The molecule has 0 unspecified atom stereocenters. The SMILES string of the molecule is CC[C@H](C(=O)NCc1cnc2cnccn12)n1cc(C(C)=O)c2ccccc21. The summed E-state index contributed by atoms with van der Waals surface area (Å²) in [4.78, 5) is 33.3. The number of imidazole rings is 1. The first-order valence-electron chi connectivity index (χ1n) is 9.24. The van der Waals surface area contributed by atoms with Crippen LogP contribution in [0.5, 0.6) is 0 Å². The van der Waals surface area contributed by atoms with Gasteiger partial charge in [0.05, 0.1) is 24.6 Å². The quantitative estimate of drug-likeness (QED) is 0.525. The van der Waals surface area contributed by atoms with Crippen LogP contribution in [-0.4, -0.2) is 30.6 Å². The van der Waals surface area contributed by atoms with Crippen molar-refractivity contribution in [3.05, 3.63) is 66.5 Å².